The molecule has 1 spiro atoms. The summed E-state index contributed by atoms with van der Waals surface area (Å²) in [7, 11) is 0. The highest BCUT2D eigenvalue weighted by atomic mass is 79.9. The SMILES string of the molecule is CC1CCC2(CC1)CNCC(c1ccc(Br)cc1)O2. The van der Waals surface area contributed by atoms with E-state index in [9.17, 15) is 0 Å². The summed E-state index contributed by atoms with van der Waals surface area (Å²) in [4.78, 5) is 0. The topological polar surface area (TPSA) is 21.3 Å². The second-order valence-electron chi connectivity index (χ2n) is 6.15. The fourth-order valence-electron chi connectivity index (χ4n) is 3.26. The predicted octanol–water partition coefficient (Wildman–Crippen LogP) is 4.06. The number of hydrogen-bond acceptors (Lipinski definition) is 2. The molecular formula is C16H22BrNO. The van der Waals surface area contributed by atoms with Gasteiger partial charge in [-0.3, -0.25) is 0 Å². The summed E-state index contributed by atoms with van der Waals surface area (Å²) in [6.45, 7) is 4.31. The predicted molar refractivity (Wildman–Crippen MR) is 81.2 cm³/mol. The lowest BCUT2D eigenvalue weighted by Gasteiger charge is -2.45. The van der Waals surface area contributed by atoms with E-state index in [1.165, 1.54) is 31.2 Å². The van der Waals surface area contributed by atoms with Gasteiger partial charge >= 0.3 is 0 Å². The zero-order valence-electron chi connectivity index (χ0n) is 11.5. The molecule has 1 saturated heterocycles. The number of halogens is 1. The zero-order chi connectivity index (χ0) is 13.3. The van der Waals surface area contributed by atoms with Crippen molar-refractivity contribution in [1.82, 2.24) is 5.32 Å². The van der Waals surface area contributed by atoms with Crippen LogP contribution in [0.1, 0.15) is 44.3 Å². The number of hydrogen-bond donors (Lipinski definition) is 1. The van der Waals surface area contributed by atoms with E-state index < -0.39 is 0 Å². The van der Waals surface area contributed by atoms with Gasteiger partial charge in [0.25, 0.3) is 0 Å². The van der Waals surface area contributed by atoms with Crippen molar-refractivity contribution in [3.63, 3.8) is 0 Å². The van der Waals surface area contributed by atoms with E-state index in [1.54, 1.807) is 0 Å². The Hall–Kier alpha value is -0.380. The standard InChI is InChI=1S/C16H22BrNO/c1-12-6-8-16(9-7-12)11-18-10-15(19-16)13-2-4-14(17)5-3-13/h2-5,12,15,18H,6-11H2,1H3. The molecule has 0 radical (unpaired) electrons. The monoisotopic (exact) mass is 323 g/mol. The molecule has 0 amide bonds. The smallest absolute Gasteiger partial charge is 0.0957 e. The summed E-state index contributed by atoms with van der Waals surface area (Å²) in [5.41, 5.74) is 1.37. The van der Waals surface area contributed by atoms with E-state index in [4.69, 9.17) is 4.74 Å². The molecule has 1 aromatic carbocycles. The normalized spacial score (nSPS) is 35.5. The first-order valence-corrected chi connectivity index (χ1v) is 8.10. The van der Waals surface area contributed by atoms with E-state index >= 15 is 0 Å². The molecule has 0 aromatic heterocycles. The van der Waals surface area contributed by atoms with E-state index in [0.29, 0.717) is 0 Å². The summed E-state index contributed by atoms with van der Waals surface area (Å²) in [5.74, 6) is 0.863. The number of rotatable bonds is 1. The van der Waals surface area contributed by atoms with Crippen LogP contribution >= 0.6 is 15.9 Å². The molecule has 2 aliphatic rings. The summed E-state index contributed by atoms with van der Waals surface area (Å²) < 4.78 is 7.64. The Morgan fingerprint density at radius 3 is 2.58 bits per heavy atom. The van der Waals surface area contributed by atoms with Crippen LogP contribution in [-0.4, -0.2) is 18.7 Å². The molecule has 2 nitrogen and oxygen atoms in total. The number of nitrogens with one attached hydrogen (secondary N) is 1. The fraction of sp³-hybridized carbons (Fsp3) is 0.625. The second kappa shape index (κ2) is 5.55. The lowest BCUT2D eigenvalue weighted by atomic mass is 9.78. The zero-order valence-corrected chi connectivity index (χ0v) is 13.1. The van der Waals surface area contributed by atoms with Crippen LogP contribution in [0.15, 0.2) is 28.7 Å². The molecule has 1 N–H and O–H groups in total. The molecule has 1 aromatic rings. The van der Waals surface area contributed by atoms with Crippen molar-refractivity contribution in [2.45, 2.75) is 44.3 Å². The quantitative estimate of drug-likeness (QED) is 0.841. The number of benzene rings is 1. The van der Waals surface area contributed by atoms with Crippen LogP contribution in [-0.2, 0) is 4.74 Å². The molecule has 3 rings (SSSR count). The maximum atomic E-state index is 6.51. The Balaban J connectivity index is 1.72. The second-order valence-corrected chi connectivity index (χ2v) is 7.07. The van der Waals surface area contributed by atoms with Gasteiger partial charge in [-0.2, -0.15) is 0 Å². The molecule has 104 valence electrons. The third kappa shape index (κ3) is 3.04. The van der Waals surface area contributed by atoms with Crippen molar-refractivity contribution < 1.29 is 4.74 Å². The molecule has 1 aliphatic carbocycles. The first-order valence-electron chi connectivity index (χ1n) is 7.31. The van der Waals surface area contributed by atoms with Crippen molar-refractivity contribution >= 4 is 15.9 Å². The van der Waals surface area contributed by atoms with Crippen molar-refractivity contribution in [3.8, 4) is 0 Å². The van der Waals surface area contributed by atoms with Gasteiger partial charge in [-0.25, -0.2) is 0 Å². The van der Waals surface area contributed by atoms with Gasteiger partial charge in [0.2, 0.25) is 0 Å². The summed E-state index contributed by atoms with van der Waals surface area (Å²) in [5, 5.41) is 3.59. The average molecular weight is 324 g/mol. The summed E-state index contributed by atoms with van der Waals surface area (Å²) in [6, 6.07) is 8.54. The molecule has 1 aliphatic heterocycles. The molecule has 2 fully saturated rings. The lowest BCUT2D eigenvalue weighted by molar-refractivity contribution is -0.140. The van der Waals surface area contributed by atoms with Crippen molar-refractivity contribution in [2.75, 3.05) is 13.1 Å². The molecule has 1 heterocycles. The molecular weight excluding hydrogens is 302 g/mol. The van der Waals surface area contributed by atoms with Crippen LogP contribution in [0.4, 0.5) is 0 Å². The van der Waals surface area contributed by atoms with Gasteiger partial charge in [-0.15, -0.1) is 0 Å². The van der Waals surface area contributed by atoms with E-state index in [-0.39, 0.29) is 11.7 Å². The van der Waals surface area contributed by atoms with Gasteiger partial charge in [-0.05, 0) is 49.3 Å². The van der Waals surface area contributed by atoms with Crippen molar-refractivity contribution in [3.05, 3.63) is 34.3 Å². The number of ether oxygens (including phenoxy) is 1. The Morgan fingerprint density at radius 2 is 1.89 bits per heavy atom. The molecule has 19 heavy (non-hydrogen) atoms. The fourth-order valence-corrected chi connectivity index (χ4v) is 3.53. The molecule has 1 unspecified atom stereocenters. The highest BCUT2D eigenvalue weighted by Crippen LogP contribution is 2.39. The molecule has 1 atom stereocenters. The van der Waals surface area contributed by atoms with E-state index in [1.807, 2.05) is 0 Å². The van der Waals surface area contributed by atoms with Crippen LogP contribution in [0.2, 0.25) is 0 Å². The highest BCUT2D eigenvalue weighted by Gasteiger charge is 2.39. The van der Waals surface area contributed by atoms with Gasteiger partial charge in [0.1, 0.15) is 0 Å². The van der Waals surface area contributed by atoms with Crippen LogP contribution in [0.25, 0.3) is 0 Å². The van der Waals surface area contributed by atoms with Crippen LogP contribution in [0.3, 0.4) is 0 Å². The maximum Gasteiger partial charge on any atom is 0.0957 e. The summed E-state index contributed by atoms with van der Waals surface area (Å²) >= 11 is 3.49. The van der Waals surface area contributed by atoms with Gasteiger partial charge in [0.05, 0.1) is 11.7 Å². The highest BCUT2D eigenvalue weighted by molar-refractivity contribution is 9.10. The maximum absolute atomic E-state index is 6.51. The number of morpholine rings is 1. The molecule has 1 saturated carbocycles. The summed E-state index contributed by atoms with van der Waals surface area (Å²) in [6.07, 6.45) is 5.21. The minimum Gasteiger partial charge on any atom is -0.364 e. The Kier molecular flexibility index (Phi) is 3.97. The van der Waals surface area contributed by atoms with Crippen LogP contribution < -0.4 is 5.32 Å². The van der Waals surface area contributed by atoms with Gasteiger partial charge in [0, 0.05) is 17.6 Å². The Morgan fingerprint density at radius 1 is 1.21 bits per heavy atom. The third-order valence-electron chi connectivity index (χ3n) is 4.60. The first kappa shape index (κ1) is 13.6. The molecule has 3 heteroatoms. The van der Waals surface area contributed by atoms with Gasteiger partial charge < -0.3 is 10.1 Å². The minimum atomic E-state index is 0.0858. The van der Waals surface area contributed by atoms with Crippen molar-refractivity contribution in [1.29, 1.82) is 0 Å². The largest absolute Gasteiger partial charge is 0.364 e. The first-order chi connectivity index (χ1) is 9.17. The Bertz CT molecular complexity index is 423. The van der Waals surface area contributed by atoms with E-state index in [0.717, 1.165) is 23.5 Å². The van der Waals surface area contributed by atoms with Gasteiger partial charge in [0.15, 0.2) is 0 Å². The average Bonchev–Trinajstić information content (AvgIpc) is 2.44. The Labute approximate surface area is 124 Å². The van der Waals surface area contributed by atoms with E-state index in [2.05, 4.69) is 52.4 Å². The third-order valence-corrected chi connectivity index (χ3v) is 5.13. The van der Waals surface area contributed by atoms with Gasteiger partial charge in [-0.1, -0.05) is 35.0 Å². The van der Waals surface area contributed by atoms with Crippen LogP contribution in [0.5, 0.6) is 0 Å². The minimum absolute atomic E-state index is 0.0858. The molecule has 0 bridgehead atoms. The van der Waals surface area contributed by atoms with Crippen LogP contribution in [0, 0.1) is 5.92 Å². The lowest BCUT2D eigenvalue weighted by Crippen LogP contribution is -2.52. The van der Waals surface area contributed by atoms with Crippen molar-refractivity contribution in [2.24, 2.45) is 5.92 Å².